The number of nitrogens with two attached hydrogens (primary N) is 2. The summed E-state index contributed by atoms with van der Waals surface area (Å²) in [6.45, 7) is 14.4. The zero-order chi connectivity index (χ0) is 24.2. The number of aromatic nitrogens is 2. The summed E-state index contributed by atoms with van der Waals surface area (Å²) < 4.78 is 0. The van der Waals surface area contributed by atoms with Crippen LogP contribution >= 0.6 is 11.8 Å². The first-order valence-corrected chi connectivity index (χ1v) is 11.9. The van der Waals surface area contributed by atoms with Crippen LogP contribution in [0.15, 0.2) is 17.2 Å². The second-order valence-corrected chi connectivity index (χ2v) is 7.36. The maximum atomic E-state index is 11.7. The zero-order valence-corrected chi connectivity index (χ0v) is 21.0. The molecule has 0 aromatic carbocycles. The molecule has 0 saturated carbocycles. The molecule has 0 aliphatic carbocycles. The molecular formula is C22H42N6O2S. The predicted molar refractivity (Wildman–Crippen MR) is 134 cm³/mol. The van der Waals surface area contributed by atoms with E-state index in [2.05, 4.69) is 20.2 Å². The molecule has 1 aliphatic rings. The highest BCUT2D eigenvalue weighted by Crippen LogP contribution is 2.21. The second kappa shape index (κ2) is 20.0. The molecule has 5 N–H and O–H groups in total. The van der Waals surface area contributed by atoms with Crippen molar-refractivity contribution in [2.45, 2.75) is 60.4 Å². The van der Waals surface area contributed by atoms with Gasteiger partial charge in [0.25, 0.3) is 5.91 Å². The lowest BCUT2D eigenvalue weighted by Gasteiger charge is -2.31. The van der Waals surface area contributed by atoms with Crippen molar-refractivity contribution < 1.29 is 9.59 Å². The van der Waals surface area contributed by atoms with E-state index < -0.39 is 0 Å². The average molecular weight is 455 g/mol. The Morgan fingerprint density at radius 3 is 2.29 bits per heavy atom. The molecule has 1 aliphatic heterocycles. The Bertz CT molecular complexity index is 629. The maximum Gasteiger partial charge on any atom is 0.257 e. The molecule has 1 aromatic heterocycles. The van der Waals surface area contributed by atoms with Crippen molar-refractivity contribution in [3.8, 4) is 0 Å². The molecule has 1 saturated heterocycles. The van der Waals surface area contributed by atoms with Gasteiger partial charge in [-0.05, 0) is 55.3 Å². The van der Waals surface area contributed by atoms with Gasteiger partial charge in [-0.25, -0.2) is 9.97 Å². The van der Waals surface area contributed by atoms with Crippen molar-refractivity contribution in [3.05, 3.63) is 22.9 Å². The minimum absolute atomic E-state index is 0.300. The molecule has 0 unspecified atom stereocenters. The third kappa shape index (κ3) is 13.9. The first-order valence-electron chi connectivity index (χ1n) is 11.0. The van der Waals surface area contributed by atoms with Gasteiger partial charge in [0, 0.05) is 26.3 Å². The lowest BCUT2D eigenvalue weighted by Crippen LogP contribution is -2.37. The Labute approximate surface area is 192 Å². The number of nitrogens with zero attached hydrogens (tertiary/aromatic N) is 3. The van der Waals surface area contributed by atoms with Crippen LogP contribution in [0.2, 0.25) is 0 Å². The van der Waals surface area contributed by atoms with Gasteiger partial charge in [-0.3, -0.25) is 9.59 Å². The summed E-state index contributed by atoms with van der Waals surface area (Å²) in [6.07, 6.45) is 5.32. The van der Waals surface area contributed by atoms with E-state index in [1.807, 2.05) is 41.5 Å². The fraction of sp³-hybridized carbons (Fsp3) is 0.636. The Hall–Kier alpha value is -1.97. The largest absolute Gasteiger partial charge is 0.355 e. The highest BCUT2D eigenvalue weighted by molar-refractivity contribution is 8.16. The normalized spacial score (nSPS) is 13.6. The molecule has 31 heavy (non-hydrogen) atoms. The zero-order valence-electron chi connectivity index (χ0n) is 20.2. The van der Waals surface area contributed by atoms with Crippen molar-refractivity contribution in [1.82, 2.24) is 15.3 Å². The molecule has 1 amide bonds. The van der Waals surface area contributed by atoms with Gasteiger partial charge in [0.05, 0.1) is 10.6 Å². The summed E-state index contributed by atoms with van der Waals surface area (Å²) in [4.78, 5) is 33.6. The monoisotopic (exact) mass is 454 g/mol. The molecule has 8 nitrogen and oxygen atoms in total. The third-order valence-electron chi connectivity index (χ3n) is 3.80. The van der Waals surface area contributed by atoms with Crippen molar-refractivity contribution in [2.24, 2.45) is 17.4 Å². The Morgan fingerprint density at radius 1 is 1.29 bits per heavy atom. The predicted octanol–water partition coefficient (Wildman–Crippen LogP) is 3.07. The number of piperidine rings is 1. The van der Waals surface area contributed by atoms with Crippen LogP contribution in [-0.2, 0) is 9.59 Å². The molecule has 0 spiro atoms. The highest BCUT2D eigenvalue weighted by Gasteiger charge is 2.20. The number of hydrogen-bond acceptors (Lipinski definition) is 8. The summed E-state index contributed by atoms with van der Waals surface area (Å²) >= 11 is 0.829. The molecule has 2 heterocycles. The first-order chi connectivity index (χ1) is 14.9. The van der Waals surface area contributed by atoms with Gasteiger partial charge in [-0.15, -0.1) is 0 Å². The fourth-order valence-electron chi connectivity index (χ4n) is 2.43. The topological polar surface area (TPSA) is 127 Å². The van der Waals surface area contributed by atoms with Crippen LogP contribution in [0.25, 0.3) is 6.08 Å². The van der Waals surface area contributed by atoms with E-state index in [0.717, 1.165) is 44.2 Å². The number of amides is 1. The van der Waals surface area contributed by atoms with E-state index in [1.165, 1.54) is 7.05 Å². The number of carbonyl (C=O) groups excluding carboxylic acids is 2. The van der Waals surface area contributed by atoms with E-state index in [-0.39, 0.29) is 5.91 Å². The summed E-state index contributed by atoms with van der Waals surface area (Å²) in [5, 5.41) is 2.51. The van der Waals surface area contributed by atoms with Crippen LogP contribution in [-0.4, -0.2) is 54.2 Å². The Balaban J connectivity index is 0. The van der Waals surface area contributed by atoms with E-state index >= 15 is 0 Å². The maximum absolute atomic E-state index is 11.7. The lowest BCUT2D eigenvalue weighted by atomic mass is 9.97. The number of thioether (sulfide) groups is 1. The van der Waals surface area contributed by atoms with Crippen molar-refractivity contribution in [3.63, 3.8) is 0 Å². The molecular weight excluding hydrogens is 412 g/mol. The number of rotatable bonds is 6. The van der Waals surface area contributed by atoms with Crippen molar-refractivity contribution in [2.75, 3.05) is 31.6 Å². The molecule has 1 aromatic rings. The van der Waals surface area contributed by atoms with Crippen LogP contribution < -0.4 is 21.7 Å². The summed E-state index contributed by atoms with van der Waals surface area (Å²) in [5.41, 5.74) is 12.0. The highest BCUT2D eigenvalue weighted by atomic mass is 32.2. The van der Waals surface area contributed by atoms with Gasteiger partial charge < -0.3 is 21.7 Å². The van der Waals surface area contributed by atoms with Crippen LogP contribution in [0, 0.1) is 5.92 Å². The van der Waals surface area contributed by atoms with Crippen molar-refractivity contribution in [1.29, 1.82) is 0 Å². The average Bonchev–Trinajstić information content (AvgIpc) is 2.81. The van der Waals surface area contributed by atoms with Gasteiger partial charge in [-0.2, -0.15) is 0 Å². The van der Waals surface area contributed by atoms with Gasteiger partial charge in [0.2, 0.25) is 5.95 Å². The van der Waals surface area contributed by atoms with Gasteiger partial charge in [0.1, 0.15) is 0 Å². The van der Waals surface area contributed by atoms with E-state index in [0.29, 0.717) is 34.1 Å². The summed E-state index contributed by atoms with van der Waals surface area (Å²) in [5.74, 6) is 0.894. The summed E-state index contributed by atoms with van der Waals surface area (Å²) in [7, 11) is 1.52. The molecule has 178 valence electrons. The standard InChI is InChI=1S/C15H21N5O2S.C3H9N.2C2H6/c1-17-14(22)13(23-10-21)8-12-2-5-18-15(19-12)20-6-3-11(9-16)4-7-20;1-3(2)4;2*1-2/h2,5,8,10-11H,3-4,6-7,9,16H2,1H3,(H,17,22);3H,4H2,1-2H3;2*1-2H3/b13-8-;;;. The van der Waals surface area contributed by atoms with Crippen LogP contribution in [0.4, 0.5) is 5.95 Å². The third-order valence-corrected chi connectivity index (χ3v) is 4.45. The molecule has 9 heteroatoms. The fourth-order valence-corrected chi connectivity index (χ4v) is 2.93. The SMILES string of the molecule is CC.CC.CC(C)N.CNC(=O)/C(=C/c1ccnc(N2CCC(CN)CC2)n1)SC=O. The minimum atomic E-state index is -0.314. The number of hydrogen-bond donors (Lipinski definition) is 3. The van der Waals surface area contributed by atoms with E-state index in [9.17, 15) is 9.59 Å². The molecule has 0 radical (unpaired) electrons. The number of nitrogens with one attached hydrogen (secondary N) is 1. The van der Waals surface area contributed by atoms with E-state index in [1.54, 1.807) is 18.3 Å². The van der Waals surface area contributed by atoms with E-state index in [4.69, 9.17) is 11.5 Å². The Kier molecular flexibility index (Phi) is 20.1. The number of anilines is 1. The van der Waals surface area contributed by atoms with Gasteiger partial charge >= 0.3 is 0 Å². The molecule has 0 bridgehead atoms. The Morgan fingerprint density at radius 2 is 1.84 bits per heavy atom. The second-order valence-electron chi connectivity index (χ2n) is 6.49. The molecule has 0 atom stereocenters. The lowest BCUT2D eigenvalue weighted by molar-refractivity contribution is -0.116. The molecule has 2 rings (SSSR count). The number of likely N-dealkylation sites (N-methyl/N-ethyl adjacent to an activating group) is 1. The van der Waals surface area contributed by atoms with Crippen LogP contribution in [0.3, 0.4) is 0 Å². The summed E-state index contributed by atoms with van der Waals surface area (Å²) in [6, 6.07) is 2.05. The number of carbonyl (C=O) groups is 2. The quantitative estimate of drug-likeness (QED) is 0.442. The van der Waals surface area contributed by atoms with Crippen LogP contribution in [0.1, 0.15) is 60.1 Å². The van der Waals surface area contributed by atoms with Crippen LogP contribution in [0.5, 0.6) is 0 Å². The van der Waals surface area contributed by atoms with Gasteiger partial charge in [0.15, 0.2) is 5.62 Å². The minimum Gasteiger partial charge on any atom is -0.355 e. The van der Waals surface area contributed by atoms with Crippen molar-refractivity contribution >= 4 is 35.3 Å². The molecule has 1 fully saturated rings. The first kappa shape index (κ1) is 31.2. The van der Waals surface area contributed by atoms with Gasteiger partial charge in [-0.1, -0.05) is 41.5 Å². The smallest absolute Gasteiger partial charge is 0.257 e.